The van der Waals surface area contributed by atoms with E-state index < -0.39 is 0 Å². The molecule has 9 aromatic rings. The Kier molecular flexibility index (Phi) is 9.44. The van der Waals surface area contributed by atoms with Crippen LogP contribution in [-0.4, -0.2) is 38.4 Å². The second kappa shape index (κ2) is 15.4. The number of aromatic nitrogens is 4. The monoisotopic (exact) mass is 742 g/mol. The molecule has 0 spiro atoms. The quantitative estimate of drug-likeness (QED) is 0.109. The van der Waals surface area contributed by atoms with Crippen LogP contribution in [0, 0.1) is 0 Å². The summed E-state index contributed by atoms with van der Waals surface area (Å²) in [6, 6.07) is 52.5. The van der Waals surface area contributed by atoms with Gasteiger partial charge in [0.05, 0.1) is 0 Å². The number of benzene rings is 7. The standard InChI is InChI=1S/C48H34N6O3/c1-49-46(55)36-16-22-41(23-17-36)54(42-24-18-37(19-25-42)47-52-50-44(56-47)28-12-32-10-14-34-6-2-4-8-39(34)30-32)43-26-20-38(21-27-43)48-53-51-45(57-48)29-13-33-11-15-35-7-3-5-9-40(35)31-33/h2-31H,1H3,(H,49,55)/b28-12+,29-13+. The highest BCUT2D eigenvalue weighted by Gasteiger charge is 2.16. The lowest BCUT2D eigenvalue weighted by atomic mass is 10.1. The van der Waals surface area contributed by atoms with Crippen LogP contribution in [-0.2, 0) is 0 Å². The molecule has 0 unspecified atom stereocenters. The normalized spacial score (nSPS) is 12.0. The minimum Gasteiger partial charge on any atom is -0.493 e. The van der Waals surface area contributed by atoms with Gasteiger partial charge in [0.25, 0.3) is 0 Å². The molecule has 0 saturated carbocycles. The summed E-state index contributed by atoms with van der Waals surface area (Å²) < 4.78 is 12.0. The number of rotatable bonds is 10. The third-order valence-corrected chi connectivity index (χ3v) is 9.61. The number of hydrogen-bond acceptors (Lipinski definition) is 8. The van der Waals surface area contributed by atoms with Crippen LogP contribution < -0.4 is 4.90 Å². The van der Waals surface area contributed by atoms with Crippen molar-refractivity contribution in [2.45, 2.75) is 0 Å². The molecule has 2 aromatic heterocycles. The van der Waals surface area contributed by atoms with E-state index in [9.17, 15) is 5.11 Å². The molecule has 0 aliphatic heterocycles. The lowest BCUT2D eigenvalue weighted by Gasteiger charge is -2.26. The zero-order chi connectivity index (χ0) is 38.6. The Balaban J connectivity index is 0.954. The molecule has 0 fully saturated rings. The molecule has 9 heteroatoms. The van der Waals surface area contributed by atoms with Gasteiger partial charge >= 0.3 is 0 Å². The summed E-state index contributed by atoms with van der Waals surface area (Å²) in [5, 5.41) is 32.1. The topological polar surface area (TPSA) is 114 Å². The van der Waals surface area contributed by atoms with Crippen molar-refractivity contribution in [3.8, 4) is 22.9 Å². The second-order valence-electron chi connectivity index (χ2n) is 13.3. The first-order valence-corrected chi connectivity index (χ1v) is 18.3. The molecule has 0 aliphatic carbocycles. The van der Waals surface area contributed by atoms with Crippen molar-refractivity contribution in [2.75, 3.05) is 11.9 Å². The predicted molar refractivity (Wildman–Crippen MR) is 229 cm³/mol. The summed E-state index contributed by atoms with van der Waals surface area (Å²) in [7, 11) is 1.56. The van der Waals surface area contributed by atoms with E-state index in [4.69, 9.17) is 8.83 Å². The number of nitrogens with zero attached hydrogens (tertiary/aromatic N) is 6. The van der Waals surface area contributed by atoms with Crippen molar-refractivity contribution in [3.05, 3.63) is 186 Å². The molecule has 274 valence electrons. The lowest BCUT2D eigenvalue weighted by Crippen LogP contribution is -2.10. The van der Waals surface area contributed by atoms with Gasteiger partial charge in [0.1, 0.15) is 0 Å². The Labute approximate surface area is 328 Å². The van der Waals surface area contributed by atoms with Crippen LogP contribution in [0.25, 0.3) is 68.8 Å². The third-order valence-electron chi connectivity index (χ3n) is 9.61. The van der Waals surface area contributed by atoms with Crippen LogP contribution in [0.15, 0.2) is 172 Å². The number of aliphatic hydroxyl groups excluding tert-OH is 1. The summed E-state index contributed by atoms with van der Waals surface area (Å²) in [6.45, 7) is 0. The Hall–Kier alpha value is -7.91. The molecule has 0 saturated heterocycles. The molecular formula is C48H34N6O3. The van der Waals surface area contributed by atoms with E-state index in [0.29, 0.717) is 29.1 Å². The van der Waals surface area contributed by atoms with Crippen LogP contribution in [0.3, 0.4) is 0 Å². The highest BCUT2D eigenvalue weighted by molar-refractivity contribution is 5.93. The fourth-order valence-electron chi connectivity index (χ4n) is 6.64. The molecule has 7 aromatic carbocycles. The van der Waals surface area contributed by atoms with Crippen LogP contribution in [0.1, 0.15) is 28.5 Å². The van der Waals surface area contributed by atoms with Crippen LogP contribution in [0.5, 0.6) is 0 Å². The largest absolute Gasteiger partial charge is 0.493 e. The first kappa shape index (κ1) is 34.8. The predicted octanol–water partition coefficient (Wildman–Crippen LogP) is 11.8. The molecule has 57 heavy (non-hydrogen) atoms. The Morgan fingerprint density at radius 2 is 0.912 bits per heavy atom. The van der Waals surface area contributed by atoms with Crippen molar-refractivity contribution in [2.24, 2.45) is 4.99 Å². The molecule has 0 amide bonds. The molecule has 9 rings (SSSR count). The molecule has 0 radical (unpaired) electrons. The zero-order valence-corrected chi connectivity index (χ0v) is 30.8. The van der Waals surface area contributed by atoms with Crippen molar-refractivity contribution < 1.29 is 13.9 Å². The molecular weight excluding hydrogens is 709 g/mol. The van der Waals surface area contributed by atoms with Crippen molar-refractivity contribution >= 4 is 68.8 Å². The minimum atomic E-state index is -0.0288. The van der Waals surface area contributed by atoms with Crippen LogP contribution in [0.2, 0.25) is 0 Å². The van der Waals surface area contributed by atoms with Gasteiger partial charge in [-0.2, -0.15) is 0 Å². The Morgan fingerprint density at radius 1 is 0.491 bits per heavy atom. The number of hydrogen-bond donors (Lipinski definition) is 1. The number of aliphatic imine (C=N–C) groups is 1. The maximum Gasteiger partial charge on any atom is 0.248 e. The molecule has 0 aliphatic rings. The van der Waals surface area contributed by atoms with Gasteiger partial charge in [-0.15, -0.1) is 20.4 Å². The smallest absolute Gasteiger partial charge is 0.248 e. The summed E-state index contributed by atoms with van der Waals surface area (Å²) >= 11 is 0. The fourth-order valence-corrected chi connectivity index (χ4v) is 6.64. The van der Waals surface area contributed by atoms with E-state index in [-0.39, 0.29) is 5.90 Å². The number of anilines is 3. The molecule has 1 N–H and O–H groups in total. The maximum absolute atomic E-state index is 10.2. The highest BCUT2D eigenvalue weighted by atomic mass is 16.4. The Bertz CT molecular complexity index is 2750. The number of aliphatic hydroxyl groups is 1. The molecule has 0 bridgehead atoms. The van der Waals surface area contributed by atoms with Crippen LogP contribution in [0.4, 0.5) is 17.1 Å². The summed E-state index contributed by atoms with van der Waals surface area (Å²) in [4.78, 5) is 6.02. The lowest BCUT2D eigenvalue weighted by molar-refractivity contribution is 0.553. The van der Waals surface area contributed by atoms with E-state index in [1.54, 1.807) is 7.05 Å². The molecule has 9 nitrogen and oxygen atoms in total. The summed E-state index contributed by atoms with van der Waals surface area (Å²) in [5.41, 5.74) is 6.94. The third kappa shape index (κ3) is 7.58. The van der Waals surface area contributed by atoms with Gasteiger partial charge in [-0.25, -0.2) is 0 Å². The number of fused-ring (bicyclic) bond motifs is 2. The second-order valence-corrected chi connectivity index (χ2v) is 13.3. The van der Waals surface area contributed by atoms with Gasteiger partial charge in [0.2, 0.25) is 29.5 Å². The van der Waals surface area contributed by atoms with Crippen LogP contribution >= 0.6 is 0 Å². The maximum atomic E-state index is 10.2. The first-order chi connectivity index (χ1) is 28.1. The Morgan fingerprint density at radius 3 is 1.35 bits per heavy atom. The van der Waals surface area contributed by atoms with Crippen molar-refractivity contribution in [1.29, 1.82) is 0 Å². The minimum absolute atomic E-state index is 0.0288. The first-order valence-electron chi connectivity index (χ1n) is 18.3. The SMILES string of the molecule is CN=C(O)c1ccc(N(c2ccc(-c3nnc(/C=C/c4ccc5ccccc5c4)o3)cc2)c2ccc(-c3nnc(/C=C/c4ccc5ccccc5c4)o3)cc2)cc1. The van der Waals surface area contributed by atoms with Gasteiger partial charge in [-0.05, 0) is 130 Å². The summed E-state index contributed by atoms with van der Waals surface area (Å²) in [6.07, 6.45) is 7.58. The fraction of sp³-hybridized carbons (Fsp3) is 0.0208. The van der Waals surface area contributed by atoms with Gasteiger partial charge < -0.3 is 18.8 Å². The highest BCUT2D eigenvalue weighted by Crippen LogP contribution is 2.37. The van der Waals surface area contributed by atoms with Crippen molar-refractivity contribution in [1.82, 2.24) is 20.4 Å². The van der Waals surface area contributed by atoms with E-state index in [2.05, 4.69) is 91.0 Å². The average molecular weight is 743 g/mol. The zero-order valence-electron chi connectivity index (χ0n) is 30.8. The average Bonchev–Trinajstić information content (AvgIpc) is 3.96. The molecule has 0 atom stereocenters. The van der Waals surface area contributed by atoms with E-state index in [1.807, 2.05) is 121 Å². The summed E-state index contributed by atoms with van der Waals surface area (Å²) in [5.74, 6) is 1.63. The van der Waals surface area contributed by atoms with E-state index >= 15 is 0 Å². The van der Waals surface area contributed by atoms with Gasteiger partial charge in [-0.1, -0.05) is 72.8 Å². The van der Waals surface area contributed by atoms with Crippen molar-refractivity contribution in [3.63, 3.8) is 0 Å². The van der Waals surface area contributed by atoms with E-state index in [0.717, 1.165) is 39.3 Å². The van der Waals surface area contributed by atoms with E-state index in [1.165, 1.54) is 21.5 Å². The van der Waals surface area contributed by atoms with Gasteiger partial charge in [-0.3, -0.25) is 4.99 Å². The van der Waals surface area contributed by atoms with Gasteiger partial charge in [0, 0.05) is 53.0 Å². The van der Waals surface area contributed by atoms with Gasteiger partial charge in [0.15, 0.2) is 0 Å². The molecule has 2 heterocycles.